The van der Waals surface area contributed by atoms with Crippen molar-refractivity contribution in [3.63, 3.8) is 0 Å². The van der Waals surface area contributed by atoms with Crippen LogP contribution in [0.5, 0.6) is 0 Å². The molecule has 3 rings (SSSR count). The number of nitriles is 1. The minimum absolute atomic E-state index is 0.0506. The van der Waals surface area contributed by atoms with Crippen molar-refractivity contribution >= 4 is 21.8 Å². The summed E-state index contributed by atoms with van der Waals surface area (Å²) in [5.41, 5.74) is 0.372. The Labute approximate surface area is 162 Å². The van der Waals surface area contributed by atoms with Gasteiger partial charge < -0.3 is 19.1 Å². The van der Waals surface area contributed by atoms with Gasteiger partial charge in [-0.15, -0.1) is 0 Å². The topological polar surface area (TPSA) is 78.2 Å². The van der Waals surface area contributed by atoms with E-state index < -0.39 is 17.7 Å². The van der Waals surface area contributed by atoms with Crippen molar-refractivity contribution in [1.82, 2.24) is 9.88 Å². The van der Waals surface area contributed by atoms with Crippen LogP contribution in [-0.4, -0.2) is 30.5 Å². The molecule has 2 aromatic heterocycles. The molecular formula is C18H15BrF2N4O2. The third-order valence-corrected chi connectivity index (χ3v) is 4.34. The first-order valence-corrected chi connectivity index (χ1v) is 8.70. The minimum atomic E-state index is -0.644. The number of oxazole rings is 1. The Kier molecular flexibility index (Phi) is 5.58. The number of hydrogen-bond donors (Lipinski definition) is 1. The molecule has 1 atom stereocenters. The fourth-order valence-corrected chi connectivity index (χ4v) is 2.89. The monoisotopic (exact) mass is 436 g/mol. The molecule has 1 aromatic carbocycles. The molecule has 0 aliphatic heterocycles. The van der Waals surface area contributed by atoms with Gasteiger partial charge in [-0.2, -0.15) is 10.2 Å². The highest BCUT2D eigenvalue weighted by Gasteiger charge is 2.22. The molecule has 0 spiro atoms. The largest absolute Gasteiger partial charge is 0.444 e. The van der Waals surface area contributed by atoms with Gasteiger partial charge in [-0.3, -0.25) is 0 Å². The summed E-state index contributed by atoms with van der Waals surface area (Å²) >= 11 is 3.19. The molecule has 1 N–H and O–H groups in total. The van der Waals surface area contributed by atoms with Crippen LogP contribution >= 0.6 is 15.9 Å². The van der Waals surface area contributed by atoms with E-state index in [9.17, 15) is 14.0 Å². The van der Waals surface area contributed by atoms with Crippen molar-refractivity contribution in [2.75, 3.05) is 26.0 Å². The fourth-order valence-electron chi connectivity index (χ4n) is 2.58. The predicted octanol–water partition coefficient (Wildman–Crippen LogP) is 4.56. The minimum Gasteiger partial charge on any atom is -0.444 e. The van der Waals surface area contributed by atoms with E-state index in [1.54, 1.807) is 31.1 Å². The molecule has 0 saturated carbocycles. The summed E-state index contributed by atoms with van der Waals surface area (Å²) in [5.74, 6) is -0.628. The van der Waals surface area contributed by atoms with Gasteiger partial charge in [-0.1, -0.05) is 6.07 Å². The second-order valence-electron chi connectivity index (χ2n) is 5.94. The molecule has 6 nitrogen and oxygen atoms in total. The van der Waals surface area contributed by atoms with Crippen molar-refractivity contribution < 1.29 is 17.6 Å². The molecule has 27 heavy (non-hydrogen) atoms. The smallest absolute Gasteiger partial charge is 0.266 e. The Morgan fingerprint density at radius 3 is 2.63 bits per heavy atom. The standard InChI is InChI=1S/C18H15BrF2N4O2/c1-25(2)14(11-4-3-10(20)7-12(11)21)9-23-17-13(8-22)24-18(27-17)15-5-6-16(19)26-15/h3-7,14,23H,9H2,1-2H3/t14-/m0/s1. The number of rotatable bonds is 6. The lowest BCUT2D eigenvalue weighted by Crippen LogP contribution is -2.27. The first-order valence-electron chi connectivity index (χ1n) is 7.91. The maximum absolute atomic E-state index is 14.2. The second kappa shape index (κ2) is 7.90. The van der Waals surface area contributed by atoms with Crippen LogP contribution in [0.4, 0.5) is 14.7 Å². The summed E-state index contributed by atoms with van der Waals surface area (Å²) in [6.07, 6.45) is 0. The number of furan rings is 1. The number of likely N-dealkylation sites (N-methyl/N-ethyl adjacent to an activating group) is 1. The van der Waals surface area contributed by atoms with Crippen molar-refractivity contribution in [2.45, 2.75) is 6.04 Å². The molecule has 0 radical (unpaired) electrons. The number of anilines is 1. The summed E-state index contributed by atoms with van der Waals surface area (Å²) in [6, 6.07) is 8.29. The van der Waals surface area contributed by atoms with E-state index in [1.165, 1.54) is 12.1 Å². The van der Waals surface area contributed by atoms with Crippen LogP contribution < -0.4 is 5.32 Å². The van der Waals surface area contributed by atoms with Crippen molar-refractivity contribution in [2.24, 2.45) is 0 Å². The average Bonchev–Trinajstić information content (AvgIpc) is 3.22. The van der Waals surface area contributed by atoms with Crippen LogP contribution in [0, 0.1) is 23.0 Å². The van der Waals surface area contributed by atoms with E-state index in [-0.39, 0.29) is 24.0 Å². The summed E-state index contributed by atoms with van der Waals surface area (Å²) in [6.45, 7) is 0.209. The van der Waals surface area contributed by atoms with Gasteiger partial charge >= 0.3 is 0 Å². The molecule has 0 saturated heterocycles. The first-order chi connectivity index (χ1) is 12.9. The Hall–Kier alpha value is -2.70. The normalized spacial score (nSPS) is 12.2. The van der Waals surface area contributed by atoms with Crippen LogP contribution in [-0.2, 0) is 0 Å². The zero-order chi connectivity index (χ0) is 19.6. The van der Waals surface area contributed by atoms with E-state index in [2.05, 4.69) is 26.2 Å². The van der Waals surface area contributed by atoms with Gasteiger partial charge in [0.25, 0.3) is 5.89 Å². The lowest BCUT2D eigenvalue weighted by Gasteiger charge is -2.25. The maximum Gasteiger partial charge on any atom is 0.266 e. The number of benzene rings is 1. The molecule has 0 bridgehead atoms. The molecule has 0 unspecified atom stereocenters. The molecule has 3 aromatic rings. The van der Waals surface area contributed by atoms with Gasteiger partial charge in [0.15, 0.2) is 10.4 Å². The highest BCUT2D eigenvalue weighted by Crippen LogP contribution is 2.29. The number of hydrogen-bond acceptors (Lipinski definition) is 6. The summed E-state index contributed by atoms with van der Waals surface area (Å²) in [4.78, 5) is 5.87. The summed E-state index contributed by atoms with van der Waals surface area (Å²) in [5, 5.41) is 12.3. The predicted molar refractivity (Wildman–Crippen MR) is 97.9 cm³/mol. The van der Waals surface area contributed by atoms with Gasteiger partial charge in [-0.25, -0.2) is 8.78 Å². The highest BCUT2D eigenvalue weighted by molar-refractivity contribution is 9.10. The quantitative estimate of drug-likeness (QED) is 0.609. The van der Waals surface area contributed by atoms with Gasteiger partial charge in [0.05, 0.1) is 6.04 Å². The molecule has 2 heterocycles. The van der Waals surface area contributed by atoms with Gasteiger partial charge in [0.2, 0.25) is 11.6 Å². The number of aromatic nitrogens is 1. The van der Waals surface area contributed by atoms with E-state index in [0.29, 0.717) is 16.0 Å². The zero-order valence-corrected chi connectivity index (χ0v) is 16.0. The molecule has 0 aliphatic carbocycles. The van der Waals surface area contributed by atoms with Crippen molar-refractivity contribution in [3.05, 3.63) is 57.9 Å². The number of nitrogens with one attached hydrogen (secondary N) is 1. The molecule has 140 valence electrons. The maximum atomic E-state index is 14.2. The molecule has 0 fully saturated rings. The fraction of sp³-hybridized carbons (Fsp3) is 0.222. The average molecular weight is 437 g/mol. The lowest BCUT2D eigenvalue weighted by atomic mass is 10.1. The number of halogens is 3. The van der Waals surface area contributed by atoms with Crippen molar-refractivity contribution in [3.8, 4) is 17.7 Å². The molecule has 0 aliphatic rings. The molecule has 9 heteroatoms. The van der Waals surface area contributed by atoms with Crippen LogP contribution in [0.15, 0.2) is 43.8 Å². The number of nitrogens with zero attached hydrogens (tertiary/aromatic N) is 3. The Morgan fingerprint density at radius 1 is 1.26 bits per heavy atom. The van der Waals surface area contributed by atoms with E-state index in [0.717, 1.165) is 6.07 Å². The third-order valence-electron chi connectivity index (χ3n) is 3.92. The Bertz CT molecular complexity index is 994. The SMILES string of the molecule is CN(C)[C@@H](CNc1oc(-c2ccc(Br)o2)nc1C#N)c1ccc(F)cc1F. The van der Waals surface area contributed by atoms with Gasteiger partial charge in [0, 0.05) is 18.2 Å². The highest BCUT2D eigenvalue weighted by atomic mass is 79.9. The Morgan fingerprint density at radius 2 is 2.04 bits per heavy atom. The van der Waals surface area contributed by atoms with Crippen LogP contribution in [0.3, 0.4) is 0 Å². The van der Waals surface area contributed by atoms with E-state index >= 15 is 0 Å². The second-order valence-corrected chi connectivity index (χ2v) is 6.72. The lowest BCUT2D eigenvalue weighted by molar-refractivity contribution is 0.302. The van der Waals surface area contributed by atoms with Gasteiger partial charge in [-0.05, 0) is 48.2 Å². The third kappa shape index (κ3) is 4.18. The zero-order valence-electron chi connectivity index (χ0n) is 14.5. The van der Waals surface area contributed by atoms with Crippen LogP contribution in [0.1, 0.15) is 17.3 Å². The Balaban J connectivity index is 1.83. The molecule has 0 amide bonds. The summed E-state index contributed by atoms with van der Waals surface area (Å²) < 4.78 is 38.8. The van der Waals surface area contributed by atoms with Crippen LogP contribution in [0.25, 0.3) is 11.7 Å². The molecular weight excluding hydrogens is 422 g/mol. The van der Waals surface area contributed by atoms with Gasteiger partial charge in [0.1, 0.15) is 17.7 Å². The summed E-state index contributed by atoms with van der Waals surface area (Å²) in [7, 11) is 3.54. The van der Waals surface area contributed by atoms with E-state index in [4.69, 9.17) is 8.83 Å². The van der Waals surface area contributed by atoms with Crippen LogP contribution in [0.2, 0.25) is 0 Å². The van der Waals surface area contributed by atoms with Crippen molar-refractivity contribution in [1.29, 1.82) is 5.26 Å². The van der Waals surface area contributed by atoms with E-state index in [1.807, 2.05) is 6.07 Å². The first kappa shape index (κ1) is 19.1.